The minimum Gasteiger partial charge on any atom is -0.491 e. The molecule has 1 fully saturated rings. The van der Waals surface area contributed by atoms with Crippen LogP contribution in [0.15, 0.2) is 24.3 Å². The molecule has 0 spiro atoms. The first-order chi connectivity index (χ1) is 9.31. The monoisotopic (exact) mass is 262 g/mol. The van der Waals surface area contributed by atoms with Crippen molar-refractivity contribution >= 4 is 5.78 Å². The van der Waals surface area contributed by atoms with Crippen LogP contribution in [0.3, 0.4) is 0 Å². The smallest absolute Gasteiger partial charge is 0.133 e. The van der Waals surface area contributed by atoms with E-state index in [2.05, 4.69) is 6.07 Å². The molecule has 3 nitrogen and oxygen atoms in total. The van der Waals surface area contributed by atoms with Gasteiger partial charge in [-0.1, -0.05) is 24.6 Å². The van der Waals surface area contributed by atoms with Gasteiger partial charge in [0.1, 0.15) is 18.1 Å². The van der Waals surface area contributed by atoms with Crippen LogP contribution in [0.4, 0.5) is 0 Å². The van der Waals surface area contributed by atoms with Gasteiger partial charge in [-0.15, -0.1) is 0 Å². The van der Waals surface area contributed by atoms with Crippen LogP contribution in [0.2, 0.25) is 0 Å². The Morgan fingerprint density at radius 3 is 2.89 bits per heavy atom. The third-order valence-corrected chi connectivity index (χ3v) is 3.64. The summed E-state index contributed by atoms with van der Waals surface area (Å²) in [6.45, 7) is 1.13. The maximum Gasteiger partial charge on any atom is 0.133 e. The summed E-state index contributed by atoms with van der Waals surface area (Å²) in [5, 5.41) is 0. The maximum absolute atomic E-state index is 11.8. The summed E-state index contributed by atoms with van der Waals surface area (Å²) in [5.41, 5.74) is 1.17. The topological polar surface area (TPSA) is 35.5 Å². The van der Waals surface area contributed by atoms with Crippen LogP contribution in [-0.4, -0.2) is 26.1 Å². The summed E-state index contributed by atoms with van der Waals surface area (Å²) in [5.74, 6) is 1.60. The lowest BCUT2D eigenvalue weighted by Crippen LogP contribution is -2.09. The van der Waals surface area contributed by atoms with Gasteiger partial charge in [0, 0.05) is 20.0 Å². The predicted molar refractivity (Wildman–Crippen MR) is 74.6 cm³/mol. The van der Waals surface area contributed by atoms with Crippen molar-refractivity contribution in [1.29, 1.82) is 0 Å². The quantitative estimate of drug-likeness (QED) is 0.603. The summed E-state index contributed by atoms with van der Waals surface area (Å²) in [6.07, 6.45) is 4.63. The Balaban J connectivity index is 2.10. The second-order valence-electron chi connectivity index (χ2n) is 5.06. The second kappa shape index (κ2) is 7.29. The van der Waals surface area contributed by atoms with Gasteiger partial charge in [0.15, 0.2) is 0 Å². The van der Waals surface area contributed by atoms with Gasteiger partial charge in [-0.25, -0.2) is 0 Å². The van der Waals surface area contributed by atoms with Crippen molar-refractivity contribution in [2.24, 2.45) is 0 Å². The lowest BCUT2D eigenvalue weighted by atomic mass is 9.91. The molecule has 1 aliphatic rings. The fourth-order valence-electron chi connectivity index (χ4n) is 2.64. The Hall–Kier alpha value is -1.35. The van der Waals surface area contributed by atoms with Gasteiger partial charge < -0.3 is 9.47 Å². The molecule has 0 saturated heterocycles. The van der Waals surface area contributed by atoms with Crippen LogP contribution < -0.4 is 4.74 Å². The van der Waals surface area contributed by atoms with Gasteiger partial charge in [-0.2, -0.15) is 0 Å². The Morgan fingerprint density at radius 1 is 1.21 bits per heavy atom. The number of rotatable bonds is 5. The van der Waals surface area contributed by atoms with Crippen molar-refractivity contribution in [2.45, 2.75) is 38.0 Å². The highest BCUT2D eigenvalue weighted by atomic mass is 16.5. The molecule has 1 aromatic carbocycles. The van der Waals surface area contributed by atoms with E-state index < -0.39 is 0 Å². The molecule has 104 valence electrons. The van der Waals surface area contributed by atoms with Crippen LogP contribution in [0, 0.1) is 0 Å². The van der Waals surface area contributed by atoms with Gasteiger partial charge in [0.25, 0.3) is 0 Å². The molecule has 3 heteroatoms. The number of ketones is 1. The molecule has 0 amide bonds. The standard InChI is InChI=1S/C16H22O3/c1-18-10-11-19-16-9-5-4-8-15(16)13-6-2-3-7-14(17)12-13/h4-5,8-9,13H,2-3,6-7,10-12H2,1H3. The molecule has 0 aromatic heterocycles. The maximum atomic E-state index is 11.8. The highest BCUT2D eigenvalue weighted by Crippen LogP contribution is 2.35. The Bertz CT molecular complexity index is 414. The predicted octanol–water partition coefficient (Wildman–Crippen LogP) is 3.33. The Kier molecular flexibility index (Phi) is 5.40. The molecule has 0 radical (unpaired) electrons. The van der Waals surface area contributed by atoms with Gasteiger partial charge in [0.2, 0.25) is 0 Å². The molecule has 1 unspecified atom stereocenters. The number of carbonyl (C=O) groups is 1. The van der Waals surface area contributed by atoms with Gasteiger partial charge in [0.05, 0.1) is 6.61 Å². The fraction of sp³-hybridized carbons (Fsp3) is 0.562. The second-order valence-corrected chi connectivity index (χ2v) is 5.06. The van der Waals surface area contributed by atoms with Crippen LogP contribution >= 0.6 is 0 Å². The van der Waals surface area contributed by atoms with Crippen molar-refractivity contribution in [3.8, 4) is 5.75 Å². The average molecular weight is 262 g/mol. The SMILES string of the molecule is COCCOc1ccccc1C1CCCCC(=O)C1. The summed E-state index contributed by atoms with van der Waals surface area (Å²) in [7, 11) is 1.67. The summed E-state index contributed by atoms with van der Waals surface area (Å²) in [4.78, 5) is 11.8. The van der Waals surface area contributed by atoms with Gasteiger partial charge >= 0.3 is 0 Å². The van der Waals surface area contributed by atoms with E-state index in [9.17, 15) is 4.79 Å². The van der Waals surface area contributed by atoms with Crippen molar-refractivity contribution in [1.82, 2.24) is 0 Å². The van der Waals surface area contributed by atoms with E-state index in [1.807, 2.05) is 18.2 Å². The minimum absolute atomic E-state index is 0.314. The summed E-state index contributed by atoms with van der Waals surface area (Å²) in [6, 6.07) is 8.07. The normalized spacial score (nSPS) is 20.1. The average Bonchev–Trinajstić information content (AvgIpc) is 2.64. The van der Waals surface area contributed by atoms with Gasteiger partial charge in [-0.05, 0) is 30.4 Å². The Labute approximate surface area is 114 Å². The first-order valence-electron chi connectivity index (χ1n) is 7.03. The van der Waals surface area contributed by atoms with Crippen molar-refractivity contribution in [3.05, 3.63) is 29.8 Å². The van der Waals surface area contributed by atoms with Crippen molar-refractivity contribution in [2.75, 3.05) is 20.3 Å². The summed E-state index contributed by atoms with van der Waals surface area (Å²) >= 11 is 0. The molecule has 0 aliphatic heterocycles. The minimum atomic E-state index is 0.314. The van der Waals surface area contributed by atoms with E-state index in [4.69, 9.17) is 9.47 Å². The number of carbonyl (C=O) groups excluding carboxylic acids is 1. The van der Waals surface area contributed by atoms with E-state index >= 15 is 0 Å². The lowest BCUT2D eigenvalue weighted by Gasteiger charge is -2.18. The van der Waals surface area contributed by atoms with E-state index in [1.54, 1.807) is 7.11 Å². The highest BCUT2D eigenvalue weighted by molar-refractivity contribution is 5.79. The molecule has 0 heterocycles. The molecule has 0 N–H and O–H groups in total. The summed E-state index contributed by atoms with van der Waals surface area (Å²) < 4.78 is 10.8. The third kappa shape index (κ3) is 4.06. The number of Topliss-reactive ketones (excluding diaryl/α,β-unsaturated/α-hetero) is 1. The van der Waals surface area contributed by atoms with E-state index in [0.717, 1.165) is 31.4 Å². The van der Waals surface area contributed by atoms with E-state index in [0.29, 0.717) is 31.3 Å². The zero-order valence-corrected chi connectivity index (χ0v) is 11.6. The first-order valence-corrected chi connectivity index (χ1v) is 7.03. The zero-order chi connectivity index (χ0) is 13.5. The Morgan fingerprint density at radius 2 is 2.05 bits per heavy atom. The molecule has 1 aliphatic carbocycles. The van der Waals surface area contributed by atoms with Gasteiger partial charge in [-0.3, -0.25) is 4.79 Å². The molecule has 19 heavy (non-hydrogen) atoms. The zero-order valence-electron chi connectivity index (χ0n) is 11.6. The molecule has 1 aromatic rings. The number of benzene rings is 1. The largest absolute Gasteiger partial charge is 0.491 e. The number of methoxy groups -OCH3 is 1. The molecule has 2 rings (SSSR count). The third-order valence-electron chi connectivity index (χ3n) is 3.64. The fourth-order valence-corrected chi connectivity index (χ4v) is 2.64. The molecular formula is C16H22O3. The van der Waals surface area contributed by atoms with Crippen LogP contribution in [0.5, 0.6) is 5.75 Å². The molecule has 1 atom stereocenters. The number of hydrogen-bond donors (Lipinski definition) is 0. The van der Waals surface area contributed by atoms with E-state index in [1.165, 1.54) is 5.56 Å². The molecule has 0 bridgehead atoms. The number of hydrogen-bond acceptors (Lipinski definition) is 3. The first kappa shape index (κ1) is 14.1. The van der Waals surface area contributed by atoms with Crippen molar-refractivity contribution in [3.63, 3.8) is 0 Å². The number of ether oxygens (including phenoxy) is 2. The van der Waals surface area contributed by atoms with Crippen LogP contribution in [0.25, 0.3) is 0 Å². The van der Waals surface area contributed by atoms with Crippen LogP contribution in [0.1, 0.15) is 43.6 Å². The van der Waals surface area contributed by atoms with E-state index in [-0.39, 0.29) is 0 Å². The molecular weight excluding hydrogens is 240 g/mol. The highest BCUT2D eigenvalue weighted by Gasteiger charge is 2.21. The number of para-hydroxylation sites is 1. The molecule has 1 saturated carbocycles. The van der Waals surface area contributed by atoms with Crippen molar-refractivity contribution < 1.29 is 14.3 Å². The lowest BCUT2D eigenvalue weighted by molar-refractivity contribution is -0.119. The van der Waals surface area contributed by atoms with Crippen LogP contribution in [-0.2, 0) is 9.53 Å².